The molecule has 1 saturated heterocycles. The number of carbonyl (C=O) groups is 9. The Hall–Kier alpha value is -7.41. The van der Waals surface area contributed by atoms with E-state index in [0.29, 0.717) is 23.4 Å². The van der Waals surface area contributed by atoms with Crippen molar-refractivity contribution in [2.45, 2.75) is 81.9 Å². The lowest BCUT2D eigenvalue weighted by atomic mass is 10.0. The van der Waals surface area contributed by atoms with E-state index in [9.17, 15) is 53.4 Å². The maximum atomic E-state index is 13.6. The van der Waals surface area contributed by atoms with Crippen molar-refractivity contribution >= 4 is 53.4 Å². The van der Waals surface area contributed by atoms with E-state index in [-0.39, 0.29) is 32.4 Å². The fourth-order valence-electron chi connectivity index (χ4n) is 6.31. The minimum Gasteiger partial charge on any atom is -0.445 e. The van der Waals surface area contributed by atoms with Crippen LogP contribution in [0.3, 0.4) is 0 Å². The first-order valence-corrected chi connectivity index (χ1v) is 20.0. The Balaban J connectivity index is 1.26. The van der Waals surface area contributed by atoms with Crippen molar-refractivity contribution in [2.24, 2.45) is 5.73 Å². The number of benzene rings is 1. The Labute approximate surface area is 365 Å². The third kappa shape index (κ3) is 14.9. The van der Waals surface area contributed by atoms with E-state index < -0.39 is 115 Å². The molecule has 0 saturated carbocycles. The summed E-state index contributed by atoms with van der Waals surface area (Å²) in [4.78, 5) is 131. The van der Waals surface area contributed by atoms with Crippen LogP contribution in [-0.4, -0.2) is 157 Å². The van der Waals surface area contributed by atoms with Gasteiger partial charge in [-0.2, -0.15) is 0 Å². The summed E-state index contributed by atoms with van der Waals surface area (Å²) in [5.74, 6) is -6.78. The summed E-state index contributed by atoms with van der Waals surface area (Å²) in [6.07, 6.45) is 5.19. The van der Waals surface area contributed by atoms with Gasteiger partial charge in [0, 0.05) is 43.2 Å². The van der Waals surface area contributed by atoms with Gasteiger partial charge in [0.2, 0.25) is 47.3 Å². The van der Waals surface area contributed by atoms with Crippen LogP contribution >= 0.6 is 0 Å². The molecule has 1 fully saturated rings. The fourth-order valence-corrected chi connectivity index (χ4v) is 6.31. The molecule has 5 atom stereocenters. The number of aromatic amines is 2. The van der Waals surface area contributed by atoms with Crippen molar-refractivity contribution in [2.75, 3.05) is 32.8 Å². The Morgan fingerprint density at radius 1 is 0.797 bits per heavy atom. The van der Waals surface area contributed by atoms with Crippen molar-refractivity contribution in [3.63, 3.8) is 0 Å². The number of carbonyl (C=O) groups excluding carboxylic acids is 9. The van der Waals surface area contributed by atoms with Gasteiger partial charge in [0.05, 0.1) is 39.0 Å². The van der Waals surface area contributed by atoms with E-state index >= 15 is 0 Å². The number of nitrogens with zero attached hydrogens (tertiary/aromatic N) is 3. The Kier molecular flexibility index (Phi) is 18.2. The van der Waals surface area contributed by atoms with Crippen molar-refractivity contribution in [1.29, 1.82) is 0 Å². The molecule has 4 rings (SSSR count). The van der Waals surface area contributed by atoms with Crippen molar-refractivity contribution in [3.8, 4) is 0 Å². The van der Waals surface area contributed by atoms with Crippen molar-refractivity contribution in [3.05, 3.63) is 72.3 Å². The first-order chi connectivity index (χ1) is 30.5. The molecule has 0 unspecified atom stereocenters. The molecule has 1 aliphatic heterocycles. The van der Waals surface area contributed by atoms with E-state index in [4.69, 9.17) is 10.5 Å². The average molecular weight is 896 g/mol. The Morgan fingerprint density at radius 3 is 1.91 bits per heavy atom. The molecule has 25 heteroatoms. The molecule has 1 aromatic carbocycles. The zero-order chi connectivity index (χ0) is 46.8. The second-order valence-electron chi connectivity index (χ2n) is 15.1. The fraction of sp³-hybridized carbons (Fsp3) is 0.462. The van der Waals surface area contributed by atoms with Crippen LogP contribution < -0.4 is 43.0 Å². The lowest BCUT2D eigenvalue weighted by Crippen LogP contribution is -2.63. The smallest absolute Gasteiger partial charge is 0.408 e. The number of rotatable bonds is 23. The number of aliphatic hydroxyl groups is 2. The molecule has 1 aliphatic rings. The molecule has 2 aromatic heterocycles. The van der Waals surface area contributed by atoms with Gasteiger partial charge in [0.1, 0.15) is 42.4 Å². The minimum atomic E-state index is -1.73. The number of hydrogen-bond acceptors (Lipinski definition) is 14. The number of nitrogens with two attached hydrogens (primary N) is 1. The van der Waals surface area contributed by atoms with Gasteiger partial charge in [0.15, 0.2) is 0 Å². The van der Waals surface area contributed by atoms with Gasteiger partial charge in [-0.1, -0.05) is 30.3 Å². The highest BCUT2D eigenvalue weighted by atomic mass is 16.5. The molecule has 3 heterocycles. The molecule has 25 nitrogen and oxygen atoms in total. The van der Waals surface area contributed by atoms with Crippen molar-refractivity contribution < 1.29 is 58.1 Å². The molecule has 0 radical (unpaired) electrons. The largest absolute Gasteiger partial charge is 0.445 e. The van der Waals surface area contributed by atoms with Crippen LogP contribution in [0.4, 0.5) is 4.79 Å². The van der Waals surface area contributed by atoms with Crippen LogP contribution in [0.15, 0.2) is 55.4 Å². The van der Waals surface area contributed by atoms with Gasteiger partial charge < -0.3 is 72.8 Å². The Bertz CT molecular complexity index is 2080. The number of aromatic nitrogens is 4. The van der Waals surface area contributed by atoms with E-state index in [1.807, 2.05) is 0 Å². The standard InChI is InChI=1S/C39H53N13O12/c1-39(2,37(62)49-27(17-53)34(59)44-15-30(55)47-25(32(40)57)11-23-13-41-20-45-23)51-35(60)29-9-6-10-52(29)36(61)28(18-54)48-31(56)16-43-33(58)26(12-24-14-42-21-46-24)50-38(63)64-19-22-7-4-3-5-8-22/h3-5,7-8,13-14,20-21,25-29,53-54H,6,9-12,15-19H2,1-2H3,(H2,40,57)(H,41,45)(H,42,46)(H,43,58)(H,44,59)(H,47,55)(H,48,56)(H,49,62)(H,50,63)(H,51,60)/t25-,26-,27-,28-,29+/m0/s1. The van der Waals surface area contributed by atoms with Gasteiger partial charge >= 0.3 is 6.09 Å². The lowest BCUT2D eigenvalue weighted by Gasteiger charge is -2.32. The van der Waals surface area contributed by atoms with E-state index in [1.54, 1.807) is 30.3 Å². The van der Waals surface area contributed by atoms with Gasteiger partial charge in [-0.25, -0.2) is 14.8 Å². The van der Waals surface area contributed by atoms with Crippen LogP contribution in [0, 0.1) is 0 Å². The molecule has 346 valence electrons. The predicted molar refractivity (Wildman–Crippen MR) is 220 cm³/mol. The maximum absolute atomic E-state index is 13.6. The number of alkyl carbamates (subject to hydrolysis) is 1. The third-order valence-electron chi connectivity index (χ3n) is 9.77. The summed E-state index contributed by atoms with van der Waals surface area (Å²) in [5, 5.41) is 36.6. The average Bonchev–Trinajstić information content (AvgIpc) is 4.09. The maximum Gasteiger partial charge on any atom is 0.408 e. The van der Waals surface area contributed by atoms with Gasteiger partial charge in [-0.3, -0.25) is 38.4 Å². The highest BCUT2D eigenvalue weighted by molar-refractivity contribution is 5.98. The molecule has 9 amide bonds. The number of amides is 9. The van der Waals surface area contributed by atoms with Crippen molar-refractivity contribution in [1.82, 2.24) is 62.1 Å². The van der Waals surface area contributed by atoms with Crippen LogP contribution in [0.25, 0.3) is 0 Å². The van der Waals surface area contributed by atoms with Crippen LogP contribution in [0.5, 0.6) is 0 Å². The van der Waals surface area contributed by atoms with E-state index in [2.05, 4.69) is 57.2 Å². The third-order valence-corrected chi connectivity index (χ3v) is 9.77. The highest BCUT2D eigenvalue weighted by Gasteiger charge is 2.41. The summed E-state index contributed by atoms with van der Waals surface area (Å²) in [7, 11) is 0. The molecule has 13 N–H and O–H groups in total. The van der Waals surface area contributed by atoms with Crippen LogP contribution in [0.2, 0.25) is 0 Å². The summed E-state index contributed by atoms with van der Waals surface area (Å²) in [5.41, 5.74) is 5.35. The SMILES string of the molecule is CC(C)(NC(=O)[C@H]1CCCN1C(=O)[C@H](CO)NC(=O)CNC(=O)[C@H](Cc1cnc[nH]1)NC(=O)OCc1ccccc1)C(=O)N[C@@H](CO)C(=O)NCC(=O)N[C@@H](Cc1cnc[nH]1)C(N)=O. The zero-order valence-electron chi connectivity index (χ0n) is 35.0. The number of primary amides is 1. The number of likely N-dealkylation sites (tertiary alicyclic amines) is 1. The van der Waals surface area contributed by atoms with E-state index in [1.165, 1.54) is 38.9 Å². The normalized spacial score (nSPS) is 15.3. The van der Waals surface area contributed by atoms with E-state index in [0.717, 1.165) is 4.90 Å². The second-order valence-corrected chi connectivity index (χ2v) is 15.1. The first kappa shape index (κ1) is 49.2. The number of imidazole rings is 2. The lowest BCUT2D eigenvalue weighted by molar-refractivity contribution is -0.143. The van der Waals surface area contributed by atoms with Crippen LogP contribution in [0.1, 0.15) is 43.6 Å². The molecule has 0 bridgehead atoms. The summed E-state index contributed by atoms with van der Waals surface area (Å²) in [6.45, 7) is -0.496. The molecule has 0 aliphatic carbocycles. The monoisotopic (exact) mass is 895 g/mol. The molecular weight excluding hydrogens is 843 g/mol. The molecular formula is C39H53N13O12. The summed E-state index contributed by atoms with van der Waals surface area (Å²) >= 11 is 0. The number of H-pyrrole nitrogens is 2. The molecule has 64 heavy (non-hydrogen) atoms. The number of ether oxygens (including phenoxy) is 1. The van der Waals surface area contributed by atoms with Gasteiger partial charge in [-0.05, 0) is 32.3 Å². The predicted octanol–water partition coefficient (Wildman–Crippen LogP) is -4.74. The summed E-state index contributed by atoms with van der Waals surface area (Å²) in [6, 6.07) is 2.24. The van der Waals surface area contributed by atoms with Crippen LogP contribution in [-0.2, 0) is 62.5 Å². The topological polar surface area (TPSA) is 374 Å². The second kappa shape index (κ2) is 23.7. The number of aliphatic hydroxyl groups excluding tert-OH is 2. The number of nitrogens with one attached hydrogen (secondary N) is 9. The zero-order valence-corrected chi connectivity index (χ0v) is 35.0. The molecule has 0 spiro atoms. The highest BCUT2D eigenvalue weighted by Crippen LogP contribution is 2.20. The van der Waals surface area contributed by atoms with Gasteiger partial charge in [-0.15, -0.1) is 0 Å². The van der Waals surface area contributed by atoms with Gasteiger partial charge in [0.25, 0.3) is 0 Å². The minimum absolute atomic E-state index is 0.00414. The molecule has 3 aromatic rings. The number of hydrogen-bond donors (Lipinski definition) is 12. The Morgan fingerprint density at radius 2 is 1.36 bits per heavy atom. The quantitative estimate of drug-likeness (QED) is 0.0426. The summed E-state index contributed by atoms with van der Waals surface area (Å²) < 4.78 is 5.23. The first-order valence-electron chi connectivity index (χ1n) is 20.0.